The van der Waals surface area contributed by atoms with E-state index in [9.17, 15) is 4.79 Å². The standard InChI is InChI=1S/C5H11NO2/c1-4(6)3-8-5(2)7/h4H,3,6H2,1-2H3/p+1. The van der Waals surface area contributed by atoms with Crippen LogP contribution >= 0.6 is 0 Å². The average molecular weight is 118 g/mol. The Morgan fingerprint density at radius 3 is 2.50 bits per heavy atom. The second-order valence-electron chi connectivity index (χ2n) is 1.91. The third-order valence-corrected chi connectivity index (χ3v) is 0.571. The lowest BCUT2D eigenvalue weighted by Gasteiger charge is -2.00. The fourth-order valence-corrected chi connectivity index (χ4v) is 0.260. The van der Waals surface area contributed by atoms with Gasteiger partial charge in [0.25, 0.3) is 0 Å². The van der Waals surface area contributed by atoms with Crippen LogP contribution in [0.25, 0.3) is 0 Å². The Labute approximate surface area is 48.8 Å². The molecule has 0 bridgehead atoms. The number of ether oxygens (including phenoxy) is 1. The first kappa shape index (κ1) is 7.43. The minimum absolute atomic E-state index is 0.193. The summed E-state index contributed by atoms with van der Waals surface area (Å²) in [5, 5.41) is 0. The largest absolute Gasteiger partial charge is 0.460 e. The van der Waals surface area contributed by atoms with E-state index in [0.29, 0.717) is 6.61 Å². The molecule has 0 fully saturated rings. The summed E-state index contributed by atoms with van der Waals surface area (Å²) in [5.74, 6) is -0.236. The molecule has 1 atom stereocenters. The van der Waals surface area contributed by atoms with E-state index in [1.54, 1.807) is 0 Å². The van der Waals surface area contributed by atoms with E-state index < -0.39 is 0 Å². The van der Waals surface area contributed by atoms with Gasteiger partial charge in [0.1, 0.15) is 12.6 Å². The molecule has 3 heteroatoms. The van der Waals surface area contributed by atoms with Crippen LogP contribution in [0, 0.1) is 0 Å². The highest BCUT2D eigenvalue weighted by Crippen LogP contribution is 1.76. The molecule has 0 spiro atoms. The monoisotopic (exact) mass is 118 g/mol. The molecule has 0 aromatic carbocycles. The first-order chi connectivity index (χ1) is 3.63. The SMILES string of the molecule is CC(=O)OCC(C)[NH3+]. The van der Waals surface area contributed by atoms with Crippen LogP contribution in [-0.2, 0) is 9.53 Å². The van der Waals surface area contributed by atoms with Gasteiger partial charge in [-0.3, -0.25) is 4.79 Å². The average Bonchev–Trinajstić information content (AvgIpc) is 1.61. The highest BCUT2D eigenvalue weighted by Gasteiger charge is 1.97. The third kappa shape index (κ3) is 5.43. The van der Waals surface area contributed by atoms with E-state index in [2.05, 4.69) is 10.5 Å². The van der Waals surface area contributed by atoms with E-state index in [4.69, 9.17) is 0 Å². The molecule has 0 saturated carbocycles. The second-order valence-corrected chi connectivity index (χ2v) is 1.91. The molecule has 0 aliphatic carbocycles. The lowest BCUT2D eigenvalue weighted by molar-refractivity contribution is -0.419. The highest BCUT2D eigenvalue weighted by atomic mass is 16.5. The summed E-state index contributed by atoms with van der Waals surface area (Å²) in [5.41, 5.74) is 3.63. The maximum Gasteiger partial charge on any atom is 0.302 e. The summed E-state index contributed by atoms with van der Waals surface area (Å²) < 4.78 is 4.60. The van der Waals surface area contributed by atoms with Crippen molar-refractivity contribution in [2.24, 2.45) is 0 Å². The Morgan fingerprint density at radius 2 is 2.38 bits per heavy atom. The van der Waals surface area contributed by atoms with E-state index >= 15 is 0 Å². The predicted octanol–water partition coefficient (Wildman–Crippen LogP) is -0.820. The van der Waals surface area contributed by atoms with Gasteiger partial charge in [-0.2, -0.15) is 0 Å². The van der Waals surface area contributed by atoms with E-state index in [1.165, 1.54) is 6.92 Å². The number of esters is 1. The summed E-state index contributed by atoms with van der Waals surface area (Å²) in [6.45, 7) is 3.71. The maximum absolute atomic E-state index is 10.1. The van der Waals surface area contributed by atoms with Crippen LogP contribution in [0.15, 0.2) is 0 Å². The minimum Gasteiger partial charge on any atom is -0.460 e. The number of rotatable bonds is 2. The molecule has 0 heterocycles. The van der Waals surface area contributed by atoms with Gasteiger partial charge in [0.2, 0.25) is 0 Å². The van der Waals surface area contributed by atoms with Crippen LogP contribution in [0.1, 0.15) is 13.8 Å². The van der Waals surface area contributed by atoms with Gasteiger partial charge in [-0.1, -0.05) is 0 Å². The van der Waals surface area contributed by atoms with Gasteiger partial charge in [0.05, 0.1) is 0 Å². The van der Waals surface area contributed by atoms with Crippen molar-refractivity contribution < 1.29 is 15.3 Å². The number of quaternary nitrogens is 1. The Hall–Kier alpha value is -0.570. The number of hydrogen-bond donors (Lipinski definition) is 1. The van der Waals surface area contributed by atoms with Crippen molar-refractivity contribution in [2.45, 2.75) is 19.9 Å². The molecular weight excluding hydrogens is 106 g/mol. The quantitative estimate of drug-likeness (QED) is 0.482. The maximum atomic E-state index is 10.1. The van der Waals surface area contributed by atoms with Gasteiger partial charge in [0, 0.05) is 6.92 Å². The van der Waals surface area contributed by atoms with E-state index in [-0.39, 0.29) is 12.0 Å². The summed E-state index contributed by atoms with van der Waals surface area (Å²) in [7, 11) is 0. The molecule has 0 saturated heterocycles. The fourth-order valence-electron chi connectivity index (χ4n) is 0.260. The Balaban J connectivity index is 3.05. The van der Waals surface area contributed by atoms with E-state index in [0.717, 1.165) is 0 Å². The summed E-state index contributed by atoms with van der Waals surface area (Å²) >= 11 is 0. The van der Waals surface area contributed by atoms with Crippen LogP contribution in [0.3, 0.4) is 0 Å². The summed E-state index contributed by atoms with van der Waals surface area (Å²) in [6.07, 6.45) is 0. The molecular formula is C5H12NO2+. The predicted molar refractivity (Wildman–Crippen MR) is 29.0 cm³/mol. The molecule has 0 rings (SSSR count). The van der Waals surface area contributed by atoms with Crippen molar-refractivity contribution in [1.29, 1.82) is 0 Å². The van der Waals surface area contributed by atoms with Crippen molar-refractivity contribution in [3.63, 3.8) is 0 Å². The molecule has 3 nitrogen and oxygen atoms in total. The minimum atomic E-state index is -0.236. The summed E-state index contributed by atoms with van der Waals surface area (Å²) in [4.78, 5) is 10.1. The zero-order chi connectivity index (χ0) is 6.57. The molecule has 3 N–H and O–H groups in total. The number of hydrogen-bond acceptors (Lipinski definition) is 2. The lowest BCUT2D eigenvalue weighted by atomic mass is 10.4. The third-order valence-electron chi connectivity index (χ3n) is 0.571. The van der Waals surface area contributed by atoms with Crippen molar-refractivity contribution in [3.05, 3.63) is 0 Å². The topological polar surface area (TPSA) is 53.9 Å². The lowest BCUT2D eigenvalue weighted by Crippen LogP contribution is -2.61. The van der Waals surface area contributed by atoms with Gasteiger partial charge < -0.3 is 10.5 Å². The van der Waals surface area contributed by atoms with Gasteiger partial charge in [-0.15, -0.1) is 0 Å². The molecule has 0 radical (unpaired) electrons. The van der Waals surface area contributed by atoms with E-state index in [1.807, 2.05) is 6.92 Å². The number of carbonyl (C=O) groups is 1. The van der Waals surface area contributed by atoms with Crippen molar-refractivity contribution in [3.8, 4) is 0 Å². The van der Waals surface area contributed by atoms with Gasteiger partial charge in [0.15, 0.2) is 0 Å². The molecule has 1 unspecified atom stereocenters. The first-order valence-corrected chi connectivity index (χ1v) is 2.59. The van der Waals surface area contributed by atoms with Gasteiger partial charge in [-0.25, -0.2) is 0 Å². The first-order valence-electron chi connectivity index (χ1n) is 2.59. The van der Waals surface area contributed by atoms with Crippen LogP contribution in [0.5, 0.6) is 0 Å². The fraction of sp³-hybridized carbons (Fsp3) is 0.800. The smallest absolute Gasteiger partial charge is 0.302 e. The highest BCUT2D eigenvalue weighted by molar-refractivity contribution is 5.65. The van der Waals surface area contributed by atoms with Crippen LogP contribution < -0.4 is 5.73 Å². The summed E-state index contributed by atoms with van der Waals surface area (Å²) in [6, 6.07) is 0.193. The van der Waals surface area contributed by atoms with Crippen LogP contribution in [0.4, 0.5) is 0 Å². The van der Waals surface area contributed by atoms with Crippen molar-refractivity contribution >= 4 is 5.97 Å². The molecule has 48 valence electrons. The number of carbonyl (C=O) groups excluding carboxylic acids is 1. The normalized spacial score (nSPS) is 12.9. The molecule has 0 aromatic heterocycles. The molecule has 0 amide bonds. The van der Waals surface area contributed by atoms with Crippen LogP contribution in [0.2, 0.25) is 0 Å². The Morgan fingerprint density at radius 1 is 1.88 bits per heavy atom. The zero-order valence-corrected chi connectivity index (χ0v) is 5.31. The molecule has 0 aliphatic rings. The second kappa shape index (κ2) is 3.43. The van der Waals surface area contributed by atoms with Crippen LogP contribution in [-0.4, -0.2) is 18.6 Å². The van der Waals surface area contributed by atoms with Crippen molar-refractivity contribution in [1.82, 2.24) is 0 Å². The van der Waals surface area contributed by atoms with Crippen molar-refractivity contribution in [2.75, 3.05) is 6.61 Å². The molecule has 0 aromatic rings. The Bertz CT molecular complexity index is 80.5. The van der Waals surface area contributed by atoms with Gasteiger partial charge >= 0.3 is 5.97 Å². The van der Waals surface area contributed by atoms with Gasteiger partial charge in [-0.05, 0) is 6.92 Å². The Kier molecular flexibility index (Phi) is 3.19. The zero-order valence-electron chi connectivity index (χ0n) is 5.31. The molecule has 8 heavy (non-hydrogen) atoms. The molecule has 0 aliphatic heterocycles.